The summed E-state index contributed by atoms with van der Waals surface area (Å²) in [6.45, 7) is 5.87. The molecule has 0 radical (unpaired) electrons. The number of aliphatic hydroxyl groups is 1. The van der Waals surface area contributed by atoms with E-state index in [4.69, 9.17) is 9.84 Å². The molecule has 94 valence electrons. The summed E-state index contributed by atoms with van der Waals surface area (Å²) in [5, 5.41) is 18.5. The van der Waals surface area contributed by atoms with Crippen molar-refractivity contribution in [3.63, 3.8) is 0 Å². The molecule has 1 unspecified atom stereocenters. The Morgan fingerprint density at radius 1 is 1.35 bits per heavy atom. The van der Waals surface area contributed by atoms with Crippen molar-refractivity contribution in [1.82, 2.24) is 0 Å². The van der Waals surface area contributed by atoms with Gasteiger partial charge in [0.05, 0.1) is 6.61 Å². The number of hydrogen-bond acceptors (Lipinski definition) is 3. The standard InChI is InChI=1S/C13H18O4/c1-4-17-10-7-5-9(6-8-10)13(2,3)11(14)12(15)16/h5-8,11,14H,4H2,1-3H3,(H,15,16). The molecule has 0 fully saturated rings. The minimum absolute atomic E-state index is 0.584. The van der Waals surface area contributed by atoms with E-state index in [1.807, 2.05) is 6.92 Å². The number of ether oxygens (including phenoxy) is 1. The van der Waals surface area contributed by atoms with Gasteiger partial charge in [-0.2, -0.15) is 0 Å². The molecule has 0 saturated carbocycles. The predicted octanol–water partition coefficient (Wildman–Crippen LogP) is 1.81. The van der Waals surface area contributed by atoms with Crippen molar-refractivity contribution in [1.29, 1.82) is 0 Å². The van der Waals surface area contributed by atoms with Crippen molar-refractivity contribution in [2.45, 2.75) is 32.3 Å². The first-order valence-electron chi connectivity index (χ1n) is 5.53. The molecule has 0 heterocycles. The number of aliphatic carboxylic acids is 1. The highest BCUT2D eigenvalue weighted by Crippen LogP contribution is 2.28. The molecule has 0 aliphatic heterocycles. The van der Waals surface area contributed by atoms with E-state index in [2.05, 4.69) is 0 Å². The minimum Gasteiger partial charge on any atom is -0.494 e. The molecule has 1 aromatic carbocycles. The molecular formula is C13H18O4. The van der Waals surface area contributed by atoms with Crippen LogP contribution in [0.2, 0.25) is 0 Å². The third-order valence-corrected chi connectivity index (χ3v) is 2.83. The van der Waals surface area contributed by atoms with Gasteiger partial charge in [0, 0.05) is 5.41 Å². The lowest BCUT2D eigenvalue weighted by molar-refractivity contribution is -0.150. The van der Waals surface area contributed by atoms with Gasteiger partial charge in [-0.15, -0.1) is 0 Å². The first-order valence-corrected chi connectivity index (χ1v) is 5.53. The summed E-state index contributed by atoms with van der Waals surface area (Å²) in [7, 11) is 0. The van der Waals surface area contributed by atoms with Gasteiger partial charge < -0.3 is 14.9 Å². The molecule has 0 saturated heterocycles. The van der Waals surface area contributed by atoms with E-state index in [0.717, 1.165) is 11.3 Å². The molecule has 0 bridgehead atoms. The quantitative estimate of drug-likeness (QED) is 0.821. The molecule has 17 heavy (non-hydrogen) atoms. The zero-order valence-corrected chi connectivity index (χ0v) is 10.3. The second kappa shape index (κ2) is 5.19. The molecule has 4 nitrogen and oxygen atoms in total. The summed E-state index contributed by atoms with van der Waals surface area (Å²) in [5.74, 6) is -0.485. The topological polar surface area (TPSA) is 66.8 Å². The smallest absolute Gasteiger partial charge is 0.333 e. The number of hydrogen-bond donors (Lipinski definition) is 2. The molecule has 0 aromatic heterocycles. The number of aliphatic hydroxyl groups excluding tert-OH is 1. The minimum atomic E-state index is -1.43. The summed E-state index contributed by atoms with van der Waals surface area (Å²) >= 11 is 0. The number of carboxylic acids is 1. The van der Waals surface area contributed by atoms with Crippen molar-refractivity contribution in [3.05, 3.63) is 29.8 Å². The zero-order chi connectivity index (χ0) is 13.1. The van der Waals surface area contributed by atoms with Crippen LogP contribution in [-0.4, -0.2) is 28.9 Å². The van der Waals surface area contributed by atoms with Crippen LogP contribution in [0.5, 0.6) is 5.75 Å². The monoisotopic (exact) mass is 238 g/mol. The van der Waals surface area contributed by atoms with Gasteiger partial charge in [0.25, 0.3) is 0 Å². The summed E-state index contributed by atoms with van der Waals surface area (Å²) in [6.07, 6.45) is -1.43. The second-order valence-corrected chi connectivity index (χ2v) is 4.42. The van der Waals surface area contributed by atoms with Crippen LogP contribution in [0.15, 0.2) is 24.3 Å². The normalized spacial score (nSPS) is 13.2. The molecule has 1 rings (SSSR count). The molecule has 0 spiro atoms. The van der Waals surface area contributed by atoms with Crippen LogP contribution in [0.1, 0.15) is 26.3 Å². The summed E-state index contributed by atoms with van der Waals surface area (Å²) in [5.41, 5.74) is -0.0767. The van der Waals surface area contributed by atoms with Gasteiger partial charge >= 0.3 is 5.97 Å². The average molecular weight is 238 g/mol. The van der Waals surface area contributed by atoms with Crippen LogP contribution >= 0.6 is 0 Å². The number of carbonyl (C=O) groups is 1. The van der Waals surface area contributed by atoms with Crippen LogP contribution < -0.4 is 4.74 Å². The van der Waals surface area contributed by atoms with Gasteiger partial charge in [-0.25, -0.2) is 4.79 Å². The Labute approximate surface area is 101 Å². The average Bonchev–Trinajstić information content (AvgIpc) is 2.29. The van der Waals surface area contributed by atoms with E-state index in [1.54, 1.807) is 38.1 Å². The predicted molar refractivity (Wildman–Crippen MR) is 64.3 cm³/mol. The Balaban J connectivity index is 2.95. The van der Waals surface area contributed by atoms with Crippen molar-refractivity contribution >= 4 is 5.97 Å². The van der Waals surface area contributed by atoms with Gasteiger partial charge in [0.1, 0.15) is 5.75 Å². The van der Waals surface area contributed by atoms with Crippen LogP contribution in [0, 0.1) is 0 Å². The van der Waals surface area contributed by atoms with Crippen molar-refractivity contribution in [3.8, 4) is 5.75 Å². The van der Waals surface area contributed by atoms with Crippen LogP contribution in [0.25, 0.3) is 0 Å². The molecular weight excluding hydrogens is 220 g/mol. The van der Waals surface area contributed by atoms with Crippen molar-refractivity contribution in [2.75, 3.05) is 6.61 Å². The Kier molecular flexibility index (Phi) is 4.12. The number of benzene rings is 1. The fraction of sp³-hybridized carbons (Fsp3) is 0.462. The van der Waals surface area contributed by atoms with Gasteiger partial charge in [0.15, 0.2) is 6.10 Å². The maximum atomic E-state index is 10.8. The lowest BCUT2D eigenvalue weighted by Crippen LogP contribution is -2.39. The first kappa shape index (κ1) is 13.5. The Morgan fingerprint density at radius 2 is 1.88 bits per heavy atom. The fourth-order valence-electron chi connectivity index (χ4n) is 1.61. The molecule has 1 aromatic rings. The zero-order valence-electron chi connectivity index (χ0n) is 10.3. The molecule has 0 aliphatic carbocycles. The largest absolute Gasteiger partial charge is 0.494 e. The highest BCUT2D eigenvalue weighted by molar-refractivity contribution is 5.74. The molecule has 0 amide bonds. The van der Waals surface area contributed by atoms with Crippen LogP contribution in [0.3, 0.4) is 0 Å². The number of rotatable bonds is 5. The summed E-state index contributed by atoms with van der Waals surface area (Å²) in [6, 6.07) is 7.10. The van der Waals surface area contributed by atoms with E-state index in [-0.39, 0.29) is 0 Å². The highest BCUT2D eigenvalue weighted by atomic mass is 16.5. The van der Waals surface area contributed by atoms with Gasteiger partial charge in [0.2, 0.25) is 0 Å². The van der Waals surface area contributed by atoms with Crippen molar-refractivity contribution < 1.29 is 19.7 Å². The van der Waals surface area contributed by atoms with Crippen LogP contribution in [0.4, 0.5) is 0 Å². The van der Waals surface area contributed by atoms with Crippen LogP contribution in [-0.2, 0) is 10.2 Å². The number of carboxylic acid groups (broad SMARTS) is 1. The lowest BCUT2D eigenvalue weighted by atomic mass is 9.79. The third-order valence-electron chi connectivity index (χ3n) is 2.83. The van der Waals surface area contributed by atoms with E-state index in [9.17, 15) is 9.90 Å². The van der Waals surface area contributed by atoms with E-state index < -0.39 is 17.5 Å². The van der Waals surface area contributed by atoms with Gasteiger partial charge in [-0.1, -0.05) is 26.0 Å². The highest BCUT2D eigenvalue weighted by Gasteiger charge is 2.35. The maximum absolute atomic E-state index is 10.8. The summed E-state index contributed by atoms with van der Waals surface area (Å²) < 4.78 is 5.30. The fourth-order valence-corrected chi connectivity index (χ4v) is 1.61. The van der Waals surface area contributed by atoms with E-state index in [1.165, 1.54) is 0 Å². The third kappa shape index (κ3) is 2.97. The van der Waals surface area contributed by atoms with Gasteiger partial charge in [-0.05, 0) is 24.6 Å². The van der Waals surface area contributed by atoms with E-state index >= 15 is 0 Å². The molecule has 1 atom stereocenters. The molecule has 2 N–H and O–H groups in total. The Bertz CT molecular complexity index is 381. The molecule has 4 heteroatoms. The summed E-state index contributed by atoms with van der Waals surface area (Å²) in [4.78, 5) is 10.8. The lowest BCUT2D eigenvalue weighted by Gasteiger charge is -2.28. The van der Waals surface area contributed by atoms with Gasteiger partial charge in [-0.3, -0.25) is 0 Å². The first-order chi connectivity index (χ1) is 7.89. The Hall–Kier alpha value is -1.55. The second-order valence-electron chi connectivity index (χ2n) is 4.42. The molecule has 0 aliphatic rings. The SMILES string of the molecule is CCOc1ccc(C(C)(C)C(O)C(=O)O)cc1. The van der Waals surface area contributed by atoms with Crippen molar-refractivity contribution in [2.24, 2.45) is 0 Å². The maximum Gasteiger partial charge on any atom is 0.333 e. The Morgan fingerprint density at radius 3 is 2.29 bits per heavy atom. The van der Waals surface area contributed by atoms with E-state index in [0.29, 0.717) is 6.61 Å².